The Hall–Kier alpha value is -0.720. The van der Waals surface area contributed by atoms with Gasteiger partial charge in [-0.25, -0.2) is 0 Å². The molecule has 0 aromatic heterocycles. The van der Waals surface area contributed by atoms with Gasteiger partial charge >= 0.3 is 0 Å². The maximum atomic E-state index is 5.56. The van der Waals surface area contributed by atoms with E-state index in [4.69, 9.17) is 15.9 Å². The van der Waals surface area contributed by atoms with E-state index in [1.807, 2.05) is 20.9 Å². The molecule has 1 saturated heterocycles. The Labute approximate surface area is 73.6 Å². The van der Waals surface area contributed by atoms with Gasteiger partial charge in [0.15, 0.2) is 5.79 Å². The molecule has 1 aliphatic heterocycles. The molecule has 0 spiro atoms. The molecule has 1 heterocycles. The summed E-state index contributed by atoms with van der Waals surface area (Å²) in [5.41, 5.74) is 0. The van der Waals surface area contributed by atoms with Crippen LogP contribution in [-0.2, 0) is 9.47 Å². The highest BCUT2D eigenvalue weighted by molar-refractivity contribution is 4.85. The number of nitrogens with zero attached hydrogens (tertiary/aromatic N) is 1. The average molecular weight is 169 g/mol. The molecule has 1 rings (SSSR count). The molecule has 0 aliphatic carbocycles. The Kier molecular flexibility index (Phi) is 2.61. The first-order valence-corrected chi connectivity index (χ1v) is 4.02. The van der Waals surface area contributed by atoms with Crippen LogP contribution in [0.3, 0.4) is 0 Å². The Morgan fingerprint density at radius 1 is 1.67 bits per heavy atom. The topological polar surface area (TPSA) is 21.7 Å². The van der Waals surface area contributed by atoms with Crippen LogP contribution in [0.2, 0.25) is 0 Å². The van der Waals surface area contributed by atoms with Gasteiger partial charge in [0.2, 0.25) is 0 Å². The van der Waals surface area contributed by atoms with Crippen LogP contribution in [0, 0.1) is 12.5 Å². The molecule has 0 saturated carbocycles. The minimum absolute atomic E-state index is 0.0982. The summed E-state index contributed by atoms with van der Waals surface area (Å²) >= 11 is 0. The van der Waals surface area contributed by atoms with Gasteiger partial charge in [0.05, 0.1) is 13.2 Å². The number of terminal acetylenes is 1. The first kappa shape index (κ1) is 9.37. The fraction of sp³-hybridized carbons (Fsp3) is 0.778. The zero-order valence-corrected chi connectivity index (χ0v) is 7.83. The molecule has 0 aromatic carbocycles. The van der Waals surface area contributed by atoms with Gasteiger partial charge in [-0.15, -0.1) is 0 Å². The summed E-state index contributed by atoms with van der Waals surface area (Å²) in [4.78, 5) is 1.76. The molecule has 0 radical (unpaired) electrons. The van der Waals surface area contributed by atoms with Crippen molar-refractivity contribution in [1.29, 1.82) is 0 Å². The molecular formula is C9H15NO2. The van der Waals surface area contributed by atoms with Crippen molar-refractivity contribution in [2.45, 2.75) is 25.7 Å². The second-order valence-electron chi connectivity index (χ2n) is 3.46. The summed E-state index contributed by atoms with van der Waals surface area (Å²) in [6.45, 7) is 5.16. The molecule has 1 aliphatic rings. The fourth-order valence-corrected chi connectivity index (χ4v) is 1.21. The minimum atomic E-state index is -0.444. The van der Waals surface area contributed by atoms with Gasteiger partial charge in [0.25, 0.3) is 0 Å². The molecule has 12 heavy (non-hydrogen) atoms. The van der Waals surface area contributed by atoms with Gasteiger partial charge in [-0.1, -0.05) is 6.42 Å². The lowest BCUT2D eigenvalue weighted by Crippen LogP contribution is -2.29. The Balaban J connectivity index is 2.34. The van der Waals surface area contributed by atoms with E-state index in [0.29, 0.717) is 6.61 Å². The zero-order valence-electron chi connectivity index (χ0n) is 7.83. The molecule has 1 unspecified atom stereocenters. The van der Waals surface area contributed by atoms with Gasteiger partial charge < -0.3 is 14.4 Å². The predicted octanol–water partition coefficient (Wildman–Crippen LogP) is 0.660. The van der Waals surface area contributed by atoms with Crippen molar-refractivity contribution in [1.82, 2.24) is 4.90 Å². The van der Waals surface area contributed by atoms with Crippen molar-refractivity contribution in [3.63, 3.8) is 0 Å². The molecule has 1 fully saturated rings. The average Bonchev–Trinajstić information content (AvgIpc) is 2.30. The molecule has 3 nitrogen and oxygen atoms in total. The molecule has 0 N–H and O–H groups in total. The van der Waals surface area contributed by atoms with Gasteiger partial charge in [-0.3, -0.25) is 0 Å². The van der Waals surface area contributed by atoms with Crippen LogP contribution >= 0.6 is 0 Å². The summed E-state index contributed by atoms with van der Waals surface area (Å²) in [6, 6.07) is 2.52. The van der Waals surface area contributed by atoms with E-state index in [-0.39, 0.29) is 6.10 Å². The maximum absolute atomic E-state index is 5.56. The Bertz CT molecular complexity index is 195. The molecule has 1 atom stereocenters. The van der Waals surface area contributed by atoms with Gasteiger partial charge in [-0.05, 0) is 13.8 Å². The first-order valence-electron chi connectivity index (χ1n) is 4.02. The molecule has 0 aromatic rings. The van der Waals surface area contributed by atoms with E-state index in [0.717, 1.165) is 6.54 Å². The van der Waals surface area contributed by atoms with E-state index in [9.17, 15) is 0 Å². The highest BCUT2D eigenvalue weighted by atomic mass is 16.7. The van der Waals surface area contributed by atoms with Crippen LogP contribution in [-0.4, -0.2) is 37.0 Å². The van der Waals surface area contributed by atoms with Gasteiger partial charge in [0.1, 0.15) is 6.10 Å². The maximum Gasteiger partial charge on any atom is 0.163 e. The van der Waals surface area contributed by atoms with Crippen LogP contribution in [0.5, 0.6) is 0 Å². The lowest BCUT2D eigenvalue weighted by molar-refractivity contribution is -0.139. The minimum Gasteiger partial charge on any atom is -0.348 e. The third-order valence-electron chi connectivity index (χ3n) is 1.77. The fourth-order valence-electron chi connectivity index (χ4n) is 1.21. The highest BCUT2D eigenvalue weighted by Gasteiger charge is 2.32. The van der Waals surface area contributed by atoms with Crippen molar-refractivity contribution >= 4 is 0 Å². The van der Waals surface area contributed by atoms with E-state index in [2.05, 4.69) is 6.04 Å². The second-order valence-corrected chi connectivity index (χ2v) is 3.46. The van der Waals surface area contributed by atoms with Crippen LogP contribution < -0.4 is 0 Å². The van der Waals surface area contributed by atoms with Crippen molar-refractivity contribution in [3.8, 4) is 12.5 Å². The van der Waals surface area contributed by atoms with Crippen molar-refractivity contribution in [3.05, 3.63) is 0 Å². The number of hydrogen-bond donors (Lipinski definition) is 0. The largest absolute Gasteiger partial charge is 0.348 e. The van der Waals surface area contributed by atoms with Crippen molar-refractivity contribution in [2.75, 3.05) is 20.2 Å². The monoisotopic (exact) mass is 169 g/mol. The molecule has 68 valence electrons. The summed E-state index contributed by atoms with van der Waals surface area (Å²) in [5, 5.41) is 0. The van der Waals surface area contributed by atoms with E-state index in [1.54, 1.807) is 4.90 Å². The molecular weight excluding hydrogens is 154 g/mol. The quantitative estimate of drug-likeness (QED) is 0.448. The third-order valence-corrected chi connectivity index (χ3v) is 1.77. The number of hydrogen-bond acceptors (Lipinski definition) is 3. The van der Waals surface area contributed by atoms with Crippen molar-refractivity contribution < 1.29 is 9.47 Å². The third kappa shape index (κ3) is 2.40. The van der Waals surface area contributed by atoms with E-state index in [1.165, 1.54) is 0 Å². The van der Waals surface area contributed by atoms with Crippen LogP contribution in [0.25, 0.3) is 0 Å². The first-order chi connectivity index (χ1) is 5.53. The van der Waals surface area contributed by atoms with E-state index < -0.39 is 5.79 Å². The van der Waals surface area contributed by atoms with E-state index >= 15 is 0 Å². The summed E-state index contributed by atoms with van der Waals surface area (Å²) < 4.78 is 10.9. The smallest absolute Gasteiger partial charge is 0.163 e. The SMILES string of the molecule is C#CN(C)CC1COC(C)(C)O1. The van der Waals surface area contributed by atoms with Crippen LogP contribution in [0.1, 0.15) is 13.8 Å². The normalized spacial score (nSPS) is 26.7. The van der Waals surface area contributed by atoms with Crippen LogP contribution in [0.15, 0.2) is 0 Å². The van der Waals surface area contributed by atoms with Gasteiger partial charge in [-0.2, -0.15) is 0 Å². The molecule has 0 bridgehead atoms. The predicted molar refractivity (Wildman–Crippen MR) is 46.4 cm³/mol. The van der Waals surface area contributed by atoms with Crippen LogP contribution in [0.4, 0.5) is 0 Å². The lowest BCUT2D eigenvalue weighted by Gasteiger charge is -2.19. The standard InChI is InChI=1S/C9H15NO2/c1-5-10(4)6-8-7-11-9(2,3)12-8/h1,8H,6-7H2,2-4H3. The van der Waals surface area contributed by atoms with Crippen molar-refractivity contribution in [2.24, 2.45) is 0 Å². The Morgan fingerprint density at radius 3 is 2.75 bits per heavy atom. The lowest BCUT2D eigenvalue weighted by atomic mass is 10.3. The molecule has 3 heteroatoms. The van der Waals surface area contributed by atoms with Gasteiger partial charge in [0, 0.05) is 13.1 Å². The number of ether oxygens (including phenoxy) is 2. The number of likely N-dealkylation sites (N-methyl/N-ethyl adjacent to an activating group) is 1. The summed E-state index contributed by atoms with van der Waals surface area (Å²) in [5.74, 6) is -0.444. The second kappa shape index (κ2) is 3.34. The molecule has 0 amide bonds. The number of rotatable bonds is 2. The summed E-state index contributed by atoms with van der Waals surface area (Å²) in [6.07, 6.45) is 5.30. The Morgan fingerprint density at radius 2 is 2.33 bits per heavy atom. The zero-order chi connectivity index (χ0) is 9.19. The summed E-state index contributed by atoms with van der Waals surface area (Å²) in [7, 11) is 1.86. The highest BCUT2D eigenvalue weighted by Crippen LogP contribution is 2.22.